The van der Waals surface area contributed by atoms with E-state index >= 15 is 0 Å². The Hall–Kier alpha value is -1.15. The summed E-state index contributed by atoms with van der Waals surface area (Å²) in [5.41, 5.74) is 0. The van der Waals surface area contributed by atoms with Gasteiger partial charge in [0.05, 0.1) is 25.9 Å². The third-order valence-electron chi connectivity index (χ3n) is 3.32. The first kappa shape index (κ1) is 16.9. The summed E-state index contributed by atoms with van der Waals surface area (Å²) in [6, 6.07) is 0. The Kier molecular flexibility index (Phi) is 6.41. The number of methoxy groups -OCH3 is 2. The average molecular weight is 307 g/mol. The van der Waals surface area contributed by atoms with Gasteiger partial charge in [0, 0.05) is 19.5 Å². The standard InChI is InChI=1S/C12H21NO6S/c1-18-11(14)6-4-8-20(16,17)13-7-3-5-10(9-13)12(15)19-2/h10H,3-9H2,1-2H3. The molecule has 1 unspecified atom stereocenters. The molecule has 116 valence electrons. The van der Waals surface area contributed by atoms with Gasteiger partial charge in [-0.2, -0.15) is 0 Å². The molecule has 1 heterocycles. The number of hydrogen-bond donors (Lipinski definition) is 0. The Labute approximate surface area is 119 Å². The lowest BCUT2D eigenvalue weighted by atomic mass is 10.0. The molecule has 1 aliphatic rings. The molecular formula is C12H21NO6S. The van der Waals surface area contributed by atoms with Crippen molar-refractivity contribution in [1.29, 1.82) is 0 Å². The minimum absolute atomic E-state index is 0.0734. The number of ether oxygens (including phenoxy) is 2. The second-order valence-electron chi connectivity index (χ2n) is 4.72. The van der Waals surface area contributed by atoms with E-state index in [-0.39, 0.29) is 31.1 Å². The van der Waals surface area contributed by atoms with Gasteiger partial charge in [0.15, 0.2) is 0 Å². The molecule has 0 N–H and O–H groups in total. The second-order valence-corrected chi connectivity index (χ2v) is 6.80. The lowest BCUT2D eigenvalue weighted by Gasteiger charge is -2.30. The van der Waals surface area contributed by atoms with Crippen LogP contribution in [0, 0.1) is 5.92 Å². The summed E-state index contributed by atoms with van der Waals surface area (Å²) in [6.07, 6.45) is 1.56. The highest BCUT2D eigenvalue weighted by Gasteiger charge is 2.32. The van der Waals surface area contributed by atoms with Gasteiger partial charge in [-0.1, -0.05) is 0 Å². The fourth-order valence-electron chi connectivity index (χ4n) is 2.18. The molecule has 1 fully saturated rings. The number of hydrogen-bond acceptors (Lipinski definition) is 6. The van der Waals surface area contributed by atoms with Crippen LogP contribution in [0.15, 0.2) is 0 Å². The van der Waals surface area contributed by atoms with Crippen LogP contribution in [0.2, 0.25) is 0 Å². The van der Waals surface area contributed by atoms with Crippen LogP contribution >= 0.6 is 0 Å². The maximum Gasteiger partial charge on any atom is 0.309 e. The highest BCUT2D eigenvalue weighted by molar-refractivity contribution is 7.89. The molecule has 0 amide bonds. The quantitative estimate of drug-likeness (QED) is 0.649. The van der Waals surface area contributed by atoms with Crippen LogP contribution in [0.1, 0.15) is 25.7 Å². The number of rotatable bonds is 6. The van der Waals surface area contributed by atoms with E-state index < -0.39 is 21.9 Å². The smallest absolute Gasteiger partial charge is 0.309 e. The predicted molar refractivity (Wildman–Crippen MR) is 71.3 cm³/mol. The minimum atomic E-state index is -3.44. The van der Waals surface area contributed by atoms with Gasteiger partial charge in [0.25, 0.3) is 0 Å². The van der Waals surface area contributed by atoms with Crippen molar-refractivity contribution in [2.75, 3.05) is 33.1 Å². The van der Waals surface area contributed by atoms with E-state index in [0.717, 1.165) is 0 Å². The van der Waals surface area contributed by atoms with Gasteiger partial charge in [-0.15, -0.1) is 0 Å². The molecule has 1 aliphatic heterocycles. The summed E-state index contributed by atoms with van der Waals surface area (Å²) >= 11 is 0. The fraction of sp³-hybridized carbons (Fsp3) is 0.833. The fourth-order valence-corrected chi connectivity index (χ4v) is 3.77. The zero-order valence-corrected chi connectivity index (χ0v) is 12.6. The van der Waals surface area contributed by atoms with E-state index in [9.17, 15) is 18.0 Å². The molecule has 0 aromatic heterocycles. The molecule has 0 aliphatic carbocycles. The number of piperidine rings is 1. The number of nitrogens with zero attached hydrogens (tertiary/aromatic N) is 1. The number of sulfonamides is 1. The topological polar surface area (TPSA) is 90.0 Å². The van der Waals surface area contributed by atoms with Crippen molar-refractivity contribution < 1.29 is 27.5 Å². The number of carbonyl (C=O) groups excluding carboxylic acids is 2. The van der Waals surface area contributed by atoms with Crippen LogP contribution in [0.3, 0.4) is 0 Å². The SMILES string of the molecule is COC(=O)CCCS(=O)(=O)N1CCCC(C(=O)OC)C1. The van der Waals surface area contributed by atoms with E-state index in [1.165, 1.54) is 18.5 Å². The molecule has 0 spiro atoms. The van der Waals surface area contributed by atoms with Crippen molar-refractivity contribution >= 4 is 22.0 Å². The van der Waals surface area contributed by atoms with Gasteiger partial charge in [-0.05, 0) is 19.3 Å². The molecule has 7 nitrogen and oxygen atoms in total. The van der Waals surface area contributed by atoms with Crippen molar-refractivity contribution in [2.45, 2.75) is 25.7 Å². The Morgan fingerprint density at radius 2 is 1.95 bits per heavy atom. The molecule has 1 saturated heterocycles. The molecule has 20 heavy (non-hydrogen) atoms. The highest BCUT2D eigenvalue weighted by atomic mass is 32.2. The maximum atomic E-state index is 12.1. The number of carbonyl (C=O) groups is 2. The summed E-state index contributed by atoms with van der Waals surface area (Å²) in [6.45, 7) is 0.571. The molecule has 0 saturated carbocycles. The van der Waals surface area contributed by atoms with E-state index in [4.69, 9.17) is 0 Å². The van der Waals surface area contributed by atoms with Crippen molar-refractivity contribution in [2.24, 2.45) is 5.92 Å². The summed E-state index contributed by atoms with van der Waals surface area (Å²) in [7, 11) is -0.880. The van der Waals surface area contributed by atoms with Gasteiger partial charge in [0.2, 0.25) is 10.0 Å². The third-order valence-corrected chi connectivity index (χ3v) is 5.25. The first-order valence-corrected chi connectivity index (χ1v) is 8.14. The van der Waals surface area contributed by atoms with Gasteiger partial charge in [-0.25, -0.2) is 12.7 Å². The van der Waals surface area contributed by atoms with Crippen LogP contribution < -0.4 is 0 Å². The maximum absolute atomic E-state index is 12.1. The summed E-state index contributed by atoms with van der Waals surface area (Å²) < 4.78 is 34.7. The lowest BCUT2D eigenvalue weighted by Crippen LogP contribution is -2.43. The molecule has 0 aromatic carbocycles. The molecule has 8 heteroatoms. The van der Waals surface area contributed by atoms with Crippen LogP contribution in [0.5, 0.6) is 0 Å². The monoisotopic (exact) mass is 307 g/mol. The van der Waals surface area contributed by atoms with Crippen LogP contribution in [-0.4, -0.2) is 57.7 Å². The third kappa shape index (κ3) is 4.75. The second kappa shape index (κ2) is 7.58. The average Bonchev–Trinajstić information content (AvgIpc) is 2.46. The van der Waals surface area contributed by atoms with E-state index in [0.29, 0.717) is 19.4 Å². The van der Waals surface area contributed by atoms with Gasteiger partial charge in [-0.3, -0.25) is 9.59 Å². The normalized spacial score (nSPS) is 20.4. The van der Waals surface area contributed by atoms with E-state index in [1.54, 1.807) is 0 Å². The first-order valence-electron chi connectivity index (χ1n) is 6.53. The Balaban J connectivity index is 2.54. The lowest BCUT2D eigenvalue weighted by molar-refractivity contribution is -0.146. The summed E-state index contributed by atoms with van der Waals surface area (Å²) in [5.74, 6) is -1.31. The Morgan fingerprint density at radius 1 is 1.25 bits per heavy atom. The van der Waals surface area contributed by atoms with Crippen molar-refractivity contribution in [3.63, 3.8) is 0 Å². The van der Waals surface area contributed by atoms with Crippen molar-refractivity contribution in [3.8, 4) is 0 Å². The minimum Gasteiger partial charge on any atom is -0.469 e. The molecular weight excluding hydrogens is 286 g/mol. The van der Waals surface area contributed by atoms with E-state index in [2.05, 4.69) is 9.47 Å². The molecule has 1 atom stereocenters. The van der Waals surface area contributed by atoms with Crippen LogP contribution in [0.4, 0.5) is 0 Å². The van der Waals surface area contributed by atoms with Crippen molar-refractivity contribution in [3.05, 3.63) is 0 Å². The zero-order chi connectivity index (χ0) is 15.2. The summed E-state index contributed by atoms with van der Waals surface area (Å²) in [5, 5.41) is 0. The largest absolute Gasteiger partial charge is 0.469 e. The first-order chi connectivity index (χ1) is 9.40. The predicted octanol–water partition coefficient (Wildman–Crippen LogP) is 0.154. The molecule has 1 rings (SSSR count). The molecule has 0 bridgehead atoms. The summed E-state index contributed by atoms with van der Waals surface area (Å²) in [4.78, 5) is 22.4. The van der Waals surface area contributed by atoms with Crippen LogP contribution in [0.25, 0.3) is 0 Å². The zero-order valence-electron chi connectivity index (χ0n) is 11.8. The van der Waals surface area contributed by atoms with Crippen molar-refractivity contribution in [1.82, 2.24) is 4.31 Å². The highest BCUT2D eigenvalue weighted by Crippen LogP contribution is 2.21. The van der Waals surface area contributed by atoms with Crippen LogP contribution in [-0.2, 0) is 29.1 Å². The number of esters is 2. The van der Waals surface area contributed by atoms with Gasteiger partial charge >= 0.3 is 11.9 Å². The van der Waals surface area contributed by atoms with Gasteiger partial charge in [0.1, 0.15) is 0 Å². The van der Waals surface area contributed by atoms with Gasteiger partial charge < -0.3 is 9.47 Å². The Morgan fingerprint density at radius 3 is 2.55 bits per heavy atom. The Bertz CT molecular complexity index is 447. The molecule has 0 aromatic rings. The van der Waals surface area contributed by atoms with E-state index in [1.807, 2.05) is 0 Å². The molecule has 0 radical (unpaired) electrons.